The molecule has 2 amide bonds. The smallest absolute Gasteiger partial charge is 0.261 e. The molecule has 1 atom stereocenters. The summed E-state index contributed by atoms with van der Waals surface area (Å²) in [6.07, 6.45) is 0.455. The summed E-state index contributed by atoms with van der Waals surface area (Å²) in [5.74, 6) is 0.433. The highest BCUT2D eigenvalue weighted by Crippen LogP contribution is 2.18. The number of ether oxygens (including phenoxy) is 2. The molecule has 0 unspecified atom stereocenters. The van der Waals surface area contributed by atoms with E-state index in [1.165, 1.54) is 29.2 Å². The summed E-state index contributed by atoms with van der Waals surface area (Å²) in [5.41, 5.74) is 0.838. The molecule has 0 saturated carbocycles. The third kappa shape index (κ3) is 7.59. The molecule has 0 saturated heterocycles. The van der Waals surface area contributed by atoms with E-state index >= 15 is 0 Å². The van der Waals surface area contributed by atoms with Crippen molar-refractivity contribution in [3.8, 4) is 11.5 Å². The average Bonchev–Trinajstić information content (AvgIpc) is 2.77. The van der Waals surface area contributed by atoms with E-state index in [4.69, 9.17) is 9.47 Å². The molecule has 0 heterocycles. The quantitative estimate of drug-likeness (QED) is 0.589. The largest absolute Gasteiger partial charge is 0.497 e. The van der Waals surface area contributed by atoms with E-state index in [2.05, 4.69) is 5.32 Å². The van der Waals surface area contributed by atoms with Crippen molar-refractivity contribution in [1.29, 1.82) is 0 Å². The summed E-state index contributed by atoms with van der Waals surface area (Å²) >= 11 is 0. The molecule has 0 aliphatic heterocycles. The number of halogens is 1. The van der Waals surface area contributed by atoms with Crippen LogP contribution in [0.1, 0.15) is 32.8 Å². The molecule has 0 radical (unpaired) electrons. The number of nitrogens with one attached hydrogen (secondary N) is 1. The summed E-state index contributed by atoms with van der Waals surface area (Å²) < 4.78 is 23.9. The monoisotopic (exact) mass is 430 g/mol. The standard InChI is InChI=1S/C24H31FN2O4/c1-5-22(24(29)26-14-17(2)3)27(15-18-7-6-8-21(13-18)30-4)23(28)16-31-20-11-9-19(25)10-12-20/h6-13,17,22H,5,14-16H2,1-4H3,(H,26,29)/t22-/m1/s1. The third-order valence-electron chi connectivity index (χ3n) is 4.73. The van der Waals surface area contributed by atoms with Gasteiger partial charge in [0.15, 0.2) is 6.61 Å². The summed E-state index contributed by atoms with van der Waals surface area (Å²) in [7, 11) is 1.58. The summed E-state index contributed by atoms with van der Waals surface area (Å²) in [5, 5.41) is 2.92. The molecular weight excluding hydrogens is 399 g/mol. The van der Waals surface area contributed by atoms with E-state index < -0.39 is 6.04 Å². The van der Waals surface area contributed by atoms with Gasteiger partial charge in [-0.1, -0.05) is 32.9 Å². The number of carbonyl (C=O) groups is 2. The summed E-state index contributed by atoms with van der Waals surface area (Å²) in [6, 6.07) is 12.2. The molecule has 168 valence electrons. The van der Waals surface area contributed by atoms with Gasteiger partial charge in [-0.15, -0.1) is 0 Å². The van der Waals surface area contributed by atoms with Crippen molar-refractivity contribution in [1.82, 2.24) is 10.2 Å². The lowest BCUT2D eigenvalue weighted by atomic mass is 10.1. The normalized spacial score (nSPS) is 11.7. The average molecular weight is 431 g/mol. The van der Waals surface area contributed by atoms with Crippen LogP contribution in [0.2, 0.25) is 0 Å². The Hall–Kier alpha value is -3.09. The van der Waals surface area contributed by atoms with Gasteiger partial charge in [0.05, 0.1) is 7.11 Å². The van der Waals surface area contributed by atoms with Crippen molar-refractivity contribution in [2.24, 2.45) is 5.92 Å². The summed E-state index contributed by atoms with van der Waals surface area (Å²) in [4.78, 5) is 27.5. The Morgan fingerprint density at radius 2 is 1.81 bits per heavy atom. The number of nitrogens with zero attached hydrogens (tertiary/aromatic N) is 1. The van der Waals surface area contributed by atoms with Crippen LogP contribution in [0.3, 0.4) is 0 Å². The van der Waals surface area contributed by atoms with Crippen LogP contribution < -0.4 is 14.8 Å². The number of rotatable bonds is 11. The van der Waals surface area contributed by atoms with E-state index in [9.17, 15) is 14.0 Å². The molecule has 0 spiro atoms. The van der Waals surface area contributed by atoms with Crippen molar-refractivity contribution in [2.75, 3.05) is 20.3 Å². The number of hydrogen-bond donors (Lipinski definition) is 1. The predicted octanol–water partition coefficient (Wildman–Crippen LogP) is 3.79. The molecule has 0 fully saturated rings. The van der Waals surface area contributed by atoms with Gasteiger partial charge in [-0.2, -0.15) is 0 Å². The SMILES string of the molecule is CC[C@H](C(=O)NCC(C)C)N(Cc1cccc(OC)c1)C(=O)COc1ccc(F)cc1. The molecule has 7 heteroatoms. The Bertz CT molecular complexity index is 855. The Balaban J connectivity index is 2.20. The first-order chi connectivity index (χ1) is 14.8. The molecule has 2 aromatic carbocycles. The van der Waals surface area contributed by atoms with Gasteiger partial charge in [0, 0.05) is 13.1 Å². The highest BCUT2D eigenvalue weighted by atomic mass is 19.1. The minimum absolute atomic E-state index is 0.200. The topological polar surface area (TPSA) is 67.9 Å². The zero-order chi connectivity index (χ0) is 22.8. The van der Waals surface area contributed by atoms with Crippen LogP contribution in [0, 0.1) is 11.7 Å². The van der Waals surface area contributed by atoms with Crippen molar-refractivity contribution in [3.05, 3.63) is 59.9 Å². The van der Waals surface area contributed by atoms with Gasteiger partial charge in [-0.3, -0.25) is 9.59 Å². The van der Waals surface area contributed by atoms with Crippen LogP contribution in [0.25, 0.3) is 0 Å². The Kier molecular flexibility index (Phi) is 9.31. The number of methoxy groups -OCH3 is 1. The maximum Gasteiger partial charge on any atom is 0.261 e. The molecule has 2 rings (SSSR count). The van der Waals surface area contributed by atoms with Gasteiger partial charge in [0.1, 0.15) is 23.4 Å². The lowest BCUT2D eigenvalue weighted by Gasteiger charge is -2.31. The zero-order valence-corrected chi connectivity index (χ0v) is 18.6. The van der Waals surface area contributed by atoms with Gasteiger partial charge in [-0.05, 0) is 54.3 Å². The van der Waals surface area contributed by atoms with E-state index in [0.717, 1.165) is 5.56 Å². The molecule has 0 aliphatic carbocycles. The highest BCUT2D eigenvalue weighted by molar-refractivity contribution is 5.88. The van der Waals surface area contributed by atoms with Gasteiger partial charge < -0.3 is 19.7 Å². The fraction of sp³-hybridized carbons (Fsp3) is 0.417. The number of hydrogen-bond acceptors (Lipinski definition) is 4. The molecule has 2 aromatic rings. The zero-order valence-electron chi connectivity index (χ0n) is 18.6. The van der Waals surface area contributed by atoms with Crippen LogP contribution >= 0.6 is 0 Å². The molecule has 0 aliphatic rings. The van der Waals surface area contributed by atoms with Gasteiger partial charge in [0.2, 0.25) is 5.91 Å². The maximum absolute atomic E-state index is 13.1. The molecule has 0 bridgehead atoms. The second-order valence-corrected chi connectivity index (χ2v) is 7.68. The second kappa shape index (κ2) is 11.9. The van der Waals surface area contributed by atoms with Crippen LogP contribution in [0.15, 0.2) is 48.5 Å². The first-order valence-corrected chi connectivity index (χ1v) is 10.4. The fourth-order valence-electron chi connectivity index (χ4n) is 3.07. The lowest BCUT2D eigenvalue weighted by Crippen LogP contribution is -2.50. The van der Waals surface area contributed by atoms with E-state index in [0.29, 0.717) is 30.4 Å². The first-order valence-electron chi connectivity index (χ1n) is 10.4. The first kappa shape index (κ1) is 24.2. The van der Waals surface area contributed by atoms with Crippen molar-refractivity contribution in [3.63, 3.8) is 0 Å². The van der Waals surface area contributed by atoms with Crippen molar-refractivity contribution < 1.29 is 23.5 Å². The lowest BCUT2D eigenvalue weighted by molar-refractivity contribution is -0.143. The molecular formula is C24H31FN2O4. The van der Waals surface area contributed by atoms with Gasteiger partial charge >= 0.3 is 0 Å². The Labute approximate surface area is 183 Å². The highest BCUT2D eigenvalue weighted by Gasteiger charge is 2.29. The minimum atomic E-state index is -0.644. The number of carbonyl (C=O) groups excluding carboxylic acids is 2. The molecule has 6 nitrogen and oxygen atoms in total. The second-order valence-electron chi connectivity index (χ2n) is 7.68. The van der Waals surface area contributed by atoms with E-state index in [1.807, 2.05) is 45.0 Å². The van der Waals surface area contributed by atoms with Crippen molar-refractivity contribution in [2.45, 2.75) is 39.8 Å². The maximum atomic E-state index is 13.1. The van der Waals surface area contributed by atoms with Crippen LogP contribution in [-0.4, -0.2) is 43.0 Å². The Morgan fingerprint density at radius 3 is 2.42 bits per heavy atom. The predicted molar refractivity (Wildman–Crippen MR) is 117 cm³/mol. The van der Waals surface area contributed by atoms with Crippen LogP contribution in [0.5, 0.6) is 11.5 Å². The summed E-state index contributed by atoms with van der Waals surface area (Å²) in [6.45, 7) is 6.39. The van der Waals surface area contributed by atoms with E-state index in [1.54, 1.807) is 7.11 Å². The van der Waals surface area contributed by atoms with E-state index in [-0.39, 0.29) is 30.8 Å². The molecule has 31 heavy (non-hydrogen) atoms. The van der Waals surface area contributed by atoms with Crippen LogP contribution in [-0.2, 0) is 16.1 Å². The fourth-order valence-corrected chi connectivity index (χ4v) is 3.07. The van der Waals surface area contributed by atoms with Crippen molar-refractivity contribution >= 4 is 11.8 Å². The number of amides is 2. The Morgan fingerprint density at radius 1 is 1.10 bits per heavy atom. The van der Waals surface area contributed by atoms with Gasteiger partial charge in [0.25, 0.3) is 5.91 Å². The number of benzene rings is 2. The minimum Gasteiger partial charge on any atom is -0.497 e. The molecule has 1 N–H and O–H groups in total. The third-order valence-corrected chi connectivity index (χ3v) is 4.73. The van der Waals surface area contributed by atoms with Crippen LogP contribution in [0.4, 0.5) is 4.39 Å². The van der Waals surface area contributed by atoms with Gasteiger partial charge in [-0.25, -0.2) is 4.39 Å². The molecule has 0 aromatic heterocycles.